The molecule has 0 unspecified atom stereocenters. The third-order valence-corrected chi connectivity index (χ3v) is 2.79. The second-order valence-corrected chi connectivity index (χ2v) is 4.20. The molecule has 2 N–H and O–H groups in total. The van der Waals surface area contributed by atoms with Crippen molar-refractivity contribution in [2.75, 3.05) is 5.32 Å². The molecule has 0 radical (unpaired) electrons. The van der Waals surface area contributed by atoms with Crippen molar-refractivity contribution < 1.29 is 9.72 Å². The number of carbonyl (C=O) groups is 1. The van der Waals surface area contributed by atoms with Gasteiger partial charge in [-0.2, -0.15) is 0 Å². The number of nitrogens with zero attached hydrogens (tertiary/aromatic N) is 1. The Morgan fingerprint density at radius 3 is 2.70 bits per heavy atom. The van der Waals surface area contributed by atoms with E-state index in [0.717, 1.165) is 12.1 Å². The first-order chi connectivity index (χ1) is 9.49. The molecule has 1 heterocycles. The number of nitro groups is 1. The van der Waals surface area contributed by atoms with E-state index in [1.54, 1.807) is 0 Å². The van der Waals surface area contributed by atoms with Gasteiger partial charge in [-0.1, -0.05) is 11.6 Å². The molecule has 7 nitrogen and oxygen atoms in total. The minimum absolute atomic E-state index is 0.0421. The predicted octanol–water partition coefficient (Wildman–Crippen LogP) is 2.19. The number of amides is 1. The predicted molar refractivity (Wildman–Crippen MR) is 73.1 cm³/mol. The fourth-order valence-corrected chi connectivity index (χ4v) is 1.77. The number of rotatable bonds is 3. The average Bonchev–Trinajstić information content (AvgIpc) is 2.41. The van der Waals surface area contributed by atoms with Crippen molar-refractivity contribution in [3.63, 3.8) is 0 Å². The zero-order valence-electron chi connectivity index (χ0n) is 9.92. The lowest BCUT2D eigenvalue weighted by atomic mass is 10.2. The van der Waals surface area contributed by atoms with Gasteiger partial charge in [-0.05, 0) is 6.07 Å². The Morgan fingerprint density at radius 1 is 1.35 bits per heavy atom. The Kier molecular flexibility index (Phi) is 3.81. The maximum absolute atomic E-state index is 12.0. The van der Waals surface area contributed by atoms with Crippen LogP contribution in [-0.2, 0) is 0 Å². The molecule has 0 saturated carbocycles. The first kappa shape index (κ1) is 13.8. The van der Waals surface area contributed by atoms with Crippen LogP contribution in [0, 0.1) is 10.1 Å². The summed E-state index contributed by atoms with van der Waals surface area (Å²) in [4.78, 5) is 36.0. The van der Waals surface area contributed by atoms with Crippen LogP contribution in [0.5, 0.6) is 0 Å². The van der Waals surface area contributed by atoms with Crippen LogP contribution in [0.4, 0.5) is 11.4 Å². The van der Waals surface area contributed by atoms with E-state index in [2.05, 4.69) is 10.3 Å². The van der Waals surface area contributed by atoms with Gasteiger partial charge in [0.2, 0.25) is 5.43 Å². The standard InChI is InChI=1S/C12H8ClN3O4/c13-9-5-7(16(19)20)1-2-8(9)12(18)15-10-6-14-4-3-11(10)17/h1-6H,(H,14,17)(H,15,18). The molecule has 1 aromatic heterocycles. The number of non-ortho nitro benzene ring substituents is 1. The molecule has 1 amide bonds. The first-order valence-corrected chi connectivity index (χ1v) is 5.79. The number of hydrogen-bond acceptors (Lipinski definition) is 4. The van der Waals surface area contributed by atoms with Gasteiger partial charge in [0.15, 0.2) is 0 Å². The summed E-state index contributed by atoms with van der Waals surface area (Å²) in [6.07, 6.45) is 2.76. The number of H-pyrrole nitrogens is 1. The number of pyridine rings is 1. The van der Waals surface area contributed by atoms with Crippen LogP contribution >= 0.6 is 11.6 Å². The summed E-state index contributed by atoms with van der Waals surface area (Å²) in [5, 5.41) is 12.9. The highest BCUT2D eigenvalue weighted by atomic mass is 35.5. The molecule has 0 atom stereocenters. The molecule has 2 aromatic rings. The fourth-order valence-electron chi connectivity index (χ4n) is 1.51. The molecule has 8 heteroatoms. The van der Waals surface area contributed by atoms with Crippen LogP contribution in [0.3, 0.4) is 0 Å². The van der Waals surface area contributed by atoms with Gasteiger partial charge in [0, 0.05) is 30.6 Å². The monoisotopic (exact) mass is 293 g/mol. The Labute approximate surface area is 117 Å². The van der Waals surface area contributed by atoms with E-state index in [9.17, 15) is 19.7 Å². The highest BCUT2D eigenvalue weighted by Crippen LogP contribution is 2.22. The molecule has 0 aliphatic rings. The summed E-state index contributed by atoms with van der Waals surface area (Å²) in [6.45, 7) is 0. The molecule has 0 fully saturated rings. The van der Waals surface area contributed by atoms with Crippen LogP contribution < -0.4 is 10.7 Å². The molecule has 0 bridgehead atoms. The largest absolute Gasteiger partial charge is 0.366 e. The number of anilines is 1. The van der Waals surface area contributed by atoms with Crippen molar-refractivity contribution in [3.05, 3.63) is 67.6 Å². The molecular formula is C12H8ClN3O4. The summed E-state index contributed by atoms with van der Waals surface area (Å²) in [5.74, 6) is -0.624. The molecule has 0 aliphatic carbocycles. The SMILES string of the molecule is O=C(Nc1c[nH]ccc1=O)c1ccc([N+](=O)[O-])cc1Cl. The maximum atomic E-state index is 12.0. The van der Waals surface area contributed by atoms with Crippen LogP contribution in [0.2, 0.25) is 5.02 Å². The second-order valence-electron chi connectivity index (χ2n) is 3.80. The van der Waals surface area contributed by atoms with Crippen molar-refractivity contribution in [1.82, 2.24) is 4.98 Å². The molecular weight excluding hydrogens is 286 g/mol. The Hall–Kier alpha value is -2.67. The van der Waals surface area contributed by atoms with E-state index in [1.807, 2.05) is 0 Å². The number of hydrogen-bond donors (Lipinski definition) is 2. The van der Waals surface area contributed by atoms with E-state index in [0.29, 0.717) is 0 Å². The summed E-state index contributed by atoms with van der Waals surface area (Å²) >= 11 is 5.82. The summed E-state index contributed by atoms with van der Waals surface area (Å²) in [6, 6.07) is 4.72. The van der Waals surface area contributed by atoms with Crippen LogP contribution in [0.15, 0.2) is 41.5 Å². The molecule has 0 spiro atoms. The van der Waals surface area contributed by atoms with Crippen molar-refractivity contribution in [3.8, 4) is 0 Å². The van der Waals surface area contributed by atoms with Crippen LogP contribution in [-0.4, -0.2) is 15.8 Å². The van der Waals surface area contributed by atoms with Crippen LogP contribution in [0.1, 0.15) is 10.4 Å². The Bertz CT molecular complexity index is 741. The average molecular weight is 294 g/mol. The van der Waals surface area contributed by atoms with Gasteiger partial charge < -0.3 is 10.3 Å². The molecule has 0 aliphatic heterocycles. The number of nitro benzene ring substituents is 1. The lowest BCUT2D eigenvalue weighted by molar-refractivity contribution is -0.384. The van der Waals surface area contributed by atoms with Crippen LogP contribution in [0.25, 0.3) is 0 Å². The van der Waals surface area contributed by atoms with E-state index in [1.165, 1.54) is 24.5 Å². The van der Waals surface area contributed by atoms with Gasteiger partial charge >= 0.3 is 0 Å². The third kappa shape index (κ3) is 2.83. The van der Waals surface area contributed by atoms with Gasteiger partial charge in [0.25, 0.3) is 11.6 Å². The Balaban J connectivity index is 2.28. The highest BCUT2D eigenvalue weighted by molar-refractivity contribution is 6.34. The molecule has 0 saturated heterocycles. The number of halogens is 1. The number of nitrogens with one attached hydrogen (secondary N) is 2. The number of benzene rings is 1. The highest BCUT2D eigenvalue weighted by Gasteiger charge is 2.15. The van der Waals surface area contributed by atoms with E-state index in [4.69, 9.17) is 11.6 Å². The molecule has 102 valence electrons. The van der Waals surface area contributed by atoms with Gasteiger partial charge in [0.1, 0.15) is 5.69 Å². The number of carbonyl (C=O) groups excluding carboxylic acids is 1. The smallest absolute Gasteiger partial charge is 0.270 e. The van der Waals surface area contributed by atoms with Crippen molar-refractivity contribution in [2.24, 2.45) is 0 Å². The van der Waals surface area contributed by atoms with Gasteiger partial charge in [0.05, 0.1) is 15.5 Å². The first-order valence-electron chi connectivity index (χ1n) is 5.41. The van der Waals surface area contributed by atoms with Crippen molar-refractivity contribution in [1.29, 1.82) is 0 Å². The minimum Gasteiger partial charge on any atom is -0.366 e. The minimum atomic E-state index is -0.624. The lowest BCUT2D eigenvalue weighted by Gasteiger charge is -2.05. The van der Waals surface area contributed by atoms with E-state index < -0.39 is 10.8 Å². The molecule has 2 rings (SSSR count). The third-order valence-electron chi connectivity index (χ3n) is 2.48. The zero-order valence-corrected chi connectivity index (χ0v) is 10.7. The van der Waals surface area contributed by atoms with Crippen molar-refractivity contribution in [2.45, 2.75) is 0 Å². The van der Waals surface area contributed by atoms with Gasteiger partial charge in [-0.15, -0.1) is 0 Å². The summed E-state index contributed by atoms with van der Waals surface area (Å²) in [7, 11) is 0. The van der Waals surface area contributed by atoms with E-state index >= 15 is 0 Å². The molecule has 1 aromatic carbocycles. The van der Waals surface area contributed by atoms with E-state index in [-0.39, 0.29) is 27.4 Å². The van der Waals surface area contributed by atoms with Gasteiger partial charge in [-0.25, -0.2) is 0 Å². The quantitative estimate of drug-likeness (QED) is 0.668. The van der Waals surface area contributed by atoms with Gasteiger partial charge in [-0.3, -0.25) is 19.7 Å². The fraction of sp³-hybridized carbons (Fsp3) is 0. The number of aromatic amines is 1. The molecule has 20 heavy (non-hydrogen) atoms. The Morgan fingerprint density at radius 2 is 2.10 bits per heavy atom. The second kappa shape index (κ2) is 5.54. The summed E-state index contributed by atoms with van der Waals surface area (Å²) < 4.78 is 0. The maximum Gasteiger partial charge on any atom is 0.270 e. The van der Waals surface area contributed by atoms with Crippen molar-refractivity contribution >= 4 is 28.9 Å². The zero-order chi connectivity index (χ0) is 14.7. The summed E-state index contributed by atoms with van der Waals surface area (Å²) in [5.41, 5.74) is -0.480. The number of aromatic nitrogens is 1. The normalized spacial score (nSPS) is 10.1. The lowest BCUT2D eigenvalue weighted by Crippen LogP contribution is -2.18. The topological polar surface area (TPSA) is 105 Å².